The summed E-state index contributed by atoms with van der Waals surface area (Å²) in [7, 11) is 1.64. The van der Waals surface area contributed by atoms with Crippen molar-refractivity contribution in [2.24, 2.45) is 0 Å². The SMILES string of the molecule is COc1ccc(SCC(=O)N[C@@H](c2ccccc2)c2cccs2)cc1. The second-order valence-corrected chi connectivity index (χ2v) is 7.42. The van der Waals surface area contributed by atoms with Crippen LogP contribution in [0.1, 0.15) is 16.5 Å². The highest BCUT2D eigenvalue weighted by atomic mass is 32.2. The third-order valence-electron chi connectivity index (χ3n) is 3.70. The highest BCUT2D eigenvalue weighted by Crippen LogP contribution is 2.27. The molecule has 0 saturated carbocycles. The molecule has 5 heteroatoms. The van der Waals surface area contributed by atoms with Crippen molar-refractivity contribution >= 4 is 29.0 Å². The van der Waals surface area contributed by atoms with Crippen LogP contribution in [0.3, 0.4) is 0 Å². The molecule has 0 unspecified atom stereocenters. The number of thioether (sulfide) groups is 1. The van der Waals surface area contributed by atoms with Crippen molar-refractivity contribution in [1.82, 2.24) is 5.32 Å². The minimum absolute atomic E-state index is 0.0167. The van der Waals surface area contributed by atoms with Gasteiger partial charge in [0, 0.05) is 9.77 Å². The highest BCUT2D eigenvalue weighted by molar-refractivity contribution is 8.00. The fourth-order valence-corrected chi connectivity index (χ4v) is 3.96. The zero-order chi connectivity index (χ0) is 17.5. The first-order chi connectivity index (χ1) is 12.3. The Kier molecular flexibility index (Phi) is 6.14. The molecule has 2 aromatic carbocycles. The summed E-state index contributed by atoms with van der Waals surface area (Å²) in [5, 5.41) is 5.19. The van der Waals surface area contributed by atoms with Crippen molar-refractivity contribution in [3.8, 4) is 5.75 Å². The van der Waals surface area contributed by atoms with E-state index in [0.717, 1.165) is 21.1 Å². The molecule has 0 aliphatic heterocycles. The minimum Gasteiger partial charge on any atom is -0.497 e. The van der Waals surface area contributed by atoms with Crippen LogP contribution >= 0.6 is 23.1 Å². The summed E-state index contributed by atoms with van der Waals surface area (Å²) in [6, 6.07) is 21.7. The van der Waals surface area contributed by atoms with Gasteiger partial charge in [0.15, 0.2) is 0 Å². The van der Waals surface area contributed by atoms with Crippen molar-refractivity contribution in [1.29, 1.82) is 0 Å². The number of hydrogen-bond acceptors (Lipinski definition) is 4. The second kappa shape index (κ2) is 8.74. The molecule has 0 radical (unpaired) electrons. The monoisotopic (exact) mass is 369 g/mol. The van der Waals surface area contributed by atoms with Crippen LogP contribution in [0.15, 0.2) is 77.0 Å². The molecule has 0 aliphatic carbocycles. The Morgan fingerprint density at radius 2 is 1.84 bits per heavy atom. The first-order valence-electron chi connectivity index (χ1n) is 7.91. The second-order valence-electron chi connectivity index (χ2n) is 5.39. The largest absolute Gasteiger partial charge is 0.497 e. The Morgan fingerprint density at radius 3 is 2.48 bits per heavy atom. The van der Waals surface area contributed by atoms with Crippen LogP contribution in [-0.2, 0) is 4.79 Å². The van der Waals surface area contributed by atoms with E-state index in [1.165, 1.54) is 11.8 Å². The van der Waals surface area contributed by atoms with Crippen LogP contribution in [-0.4, -0.2) is 18.8 Å². The summed E-state index contributed by atoms with van der Waals surface area (Å²) >= 11 is 3.17. The number of amides is 1. The number of benzene rings is 2. The van der Waals surface area contributed by atoms with E-state index in [0.29, 0.717) is 5.75 Å². The van der Waals surface area contributed by atoms with Gasteiger partial charge in [0.25, 0.3) is 0 Å². The minimum atomic E-state index is -0.106. The molecule has 0 bridgehead atoms. The molecule has 1 atom stereocenters. The molecule has 3 nitrogen and oxygen atoms in total. The molecule has 0 fully saturated rings. The van der Waals surface area contributed by atoms with Gasteiger partial charge in [-0.05, 0) is 41.3 Å². The molecule has 25 heavy (non-hydrogen) atoms. The van der Waals surface area contributed by atoms with Crippen molar-refractivity contribution in [2.45, 2.75) is 10.9 Å². The van der Waals surface area contributed by atoms with E-state index >= 15 is 0 Å². The first kappa shape index (κ1) is 17.6. The van der Waals surface area contributed by atoms with Crippen molar-refractivity contribution in [3.63, 3.8) is 0 Å². The Bertz CT molecular complexity index is 786. The number of nitrogens with one attached hydrogen (secondary N) is 1. The van der Waals surface area contributed by atoms with Crippen molar-refractivity contribution in [2.75, 3.05) is 12.9 Å². The predicted molar refractivity (Wildman–Crippen MR) is 104 cm³/mol. The van der Waals surface area contributed by atoms with Gasteiger partial charge in [0.1, 0.15) is 5.75 Å². The van der Waals surface area contributed by atoms with E-state index in [1.807, 2.05) is 66.0 Å². The van der Waals surface area contributed by atoms with Gasteiger partial charge in [0.2, 0.25) is 5.91 Å². The number of rotatable bonds is 7. The maximum absolute atomic E-state index is 12.5. The molecule has 1 amide bonds. The number of ether oxygens (including phenoxy) is 1. The summed E-state index contributed by atoms with van der Waals surface area (Å²) in [6.07, 6.45) is 0. The fraction of sp³-hybridized carbons (Fsp3) is 0.150. The van der Waals surface area contributed by atoms with E-state index in [-0.39, 0.29) is 11.9 Å². The topological polar surface area (TPSA) is 38.3 Å². The van der Waals surface area contributed by atoms with Gasteiger partial charge in [-0.3, -0.25) is 4.79 Å². The normalized spacial score (nSPS) is 11.7. The smallest absolute Gasteiger partial charge is 0.231 e. The lowest BCUT2D eigenvalue weighted by molar-refractivity contribution is -0.119. The quantitative estimate of drug-likeness (QED) is 0.611. The standard InChI is InChI=1S/C20H19NO2S2/c1-23-16-9-11-17(12-10-16)25-14-19(22)21-20(18-8-5-13-24-18)15-6-3-2-4-7-15/h2-13,20H,14H2,1H3,(H,21,22)/t20-/m0/s1. The van der Waals surface area contributed by atoms with E-state index in [4.69, 9.17) is 4.74 Å². The molecular weight excluding hydrogens is 350 g/mol. The zero-order valence-corrected chi connectivity index (χ0v) is 15.5. The number of carbonyl (C=O) groups excluding carboxylic acids is 1. The Balaban J connectivity index is 1.64. The molecule has 1 heterocycles. The third kappa shape index (κ3) is 4.87. The molecule has 3 rings (SSSR count). The summed E-state index contributed by atoms with van der Waals surface area (Å²) in [5.41, 5.74) is 1.09. The molecule has 0 aliphatic rings. The number of thiophene rings is 1. The van der Waals surface area contributed by atoms with E-state index in [9.17, 15) is 4.79 Å². The number of carbonyl (C=O) groups is 1. The molecule has 0 saturated heterocycles. The predicted octanol–water partition coefficient (Wildman–Crippen LogP) is 4.75. The highest BCUT2D eigenvalue weighted by Gasteiger charge is 2.17. The average molecular weight is 370 g/mol. The van der Waals surface area contributed by atoms with Crippen molar-refractivity contribution < 1.29 is 9.53 Å². The van der Waals surface area contributed by atoms with Crippen LogP contribution in [0.25, 0.3) is 0 Å². The molecule has 128 valence electrons. The summed E-state index contributed by atoms with van der Waals surface area (Å²) in [4.78, 5) is 14.6. The van der Waals surface area contributed by atoms with Crippen LogP contribution in [0.5, 0.6) is 5.75 Å². The molecule has 3 aromatic rings. The van der Waals surface area contributed by atoms with Gasteiger partial charge >= 0.3 is 0 Å². The van der Waals surface area contributed by atoms with Gasteiger partial charge < -0.3 is 10.1 Å². The summed E-state index contributed by atoms with van der Waals surface area (Å²) in [5.74, 6) is 1.21. The fourth-order valence-electron chi connectivity index (χ4n) is 2.44. The zero-order valence-electron chi connectivity index (χ0n) is 13.8. The Hall–Kier alpha value is -2.24. The van der Waals surface area contributed by atoms with Gasteiger partial charge in [-0.25, -0.2) is 0 Å². The molecule has 0 spiro atoms. The van der Waals surface area contributed by atoms with E-state index < -0.39 is 0 Å². The number of hydrogen-bond donors (Lipinski definition) is 1. The number of methoxy groups -OCH3 is 1. The summed E-state index contributed by atoms with van der Waals surface area (Å²) in [6.45, 7) is 0. The van der Waals surface area contributed by atoms with Gasteiger partial charge in [-0.2, -0.15) is 0 Å². The maximum atomic E-state index is 12.5. The lowest BCUT2D eigenvalue weighted by Crippen LogP contribution is -2.30. The van der Waals surface area contributed by atoms with Crippen LogP contribution in [0.2, 0.25) is 0 Å². The average Bonchev–Trinajstić information content (AvgIpc) is 3.20. The molecular formula is C20H19NO2S2. The lowest BCUT2D eigenvalue weighted by Gasteiger charge is -2.18. The van der Waals surface area contributed by atoms with Crippen LogP contribution in [0.4, 0.5) is 0 Å². The van der Waals surface area contributed by atoms with Gasteiger partial charge in [-0.1, -0.05) is 36.4 Å². The van der Waals surface area contributed by atoms with Crippen LogP contribution < -0.4 is 10.1 Å². The Morgan fingerprint density at radius 1 is 1.08 bits per heavy atom. The van der Waals surface area contributed by atoms with E-state index in [1.54, 1.807) is 18.4 Å². The van der Waals surface area contributed by atoms with Crippen molar-refractivity contribution in [3.05, 3.63) is 82.6 Å². The first-order valence-corrected chi connectivity index (χ1v) is 9.77. The Labute approximate surface area is 156 Å². The molecule has 1 N–H and O–H groups in total. The summed E-state index contributed by atoms with van der Waals surface area (Å²) < 4.78 is 5.15. The van der Waals surface area contributed by atoms with E-state index in [2.05, 4.69) is 11.4 Å². The molecule has 1 aromatic heterocycles. The lowest BCUT2D eigenvalue weighted by atomic mass is 10.1. The van der Waals surface area contributed by atoms with Gasteiger partial charge in [-0.15, -0.1) is 23.1 Å². The van der Waals surface area contributed by atoms with Gasteiger partial charge in [0.05, 0.1) is 18.9 Å². The van der Waals surface area contributed by atoms with Crippen LogP contribution in [0, 0.1) is 0 Å². The maximum Gasteiger partial charge on any atom is 0.231 e. The third-order valence-corrected chi connectivity index (χ3v) is 5.64.